The molecule has 3 nitrogen and oxygen atoms in total. The number of hydrogen-bond donors (Lipinski definition) is 1. The highest BCUT2D eigenvalue weighted by Crippen LogP contribution is 2.34. The molecule has 2 rings (SSSR count). The monoisotopic (exact) mass is 251 g/mol. The summed E-state index contributed by atoms with van der Waals surface area (Å²) in [5, 5.41) is 4.06. The largest absolute Gasteiger partial charge is 0.324 e. The molecule has 1 atom stereocenters. The molecule has 0 fully saturated rings. The van der Waals surface area contributed by atoms with Crippen molar-refractivity contribution in [3.63, 3.8) is 0 Å². The number of halogens is 1. The number of rotatable bonds is 3. The van der Waals surface area contributed by atoms with Crippen LogP contribution in [0.25, 0.3) is 0 Å². The zero-order valence-corrected chi connectivity index (χ0v) is 10.5. The molecule has 1 heterocycles. The molecule has 0 aliphatic heterocycles. The van der Waals surface area contributed by atoms with Crippen LogP contribution in [0.15, 0.2) is 40.4 Å². The summed E-state index contributed by atoms with van der Waals surface area (Å²) in [6.45, 7) is 1.85. The Labute approximate surface area is 104 Å². The quantitative estimate of drug-likeness (QED) is 0.912. The summed E-state index contributed by atoms with van der Waals surface area (Å²) < 4.78 is 15.5. The minimum Gasteiger partial charge on any atom is -0.324 e. The van der Waals surface area contributed by atoms with Crippen LogP contribution in [0.2, 0.25) is 0 Å². The van der Waals surface area contributed by atoms with E-state index in [0.29, 0.717) is 4.90 Å². The van der Waals surface area contributed by atoms with Crippen molar-refractivity contribution in [2.45, 2.75) is 22.8 Å². The zero-order chi connectivity index (χ0) is 12.4. The van der Waals surface area contributed by atoms with Gasteiger partial charge in [0.15, 0.2) is 0 Å². The second-order valence-corrected chi connectivity index (χ2v) is 4.98. The third-order valence-corrected chi connectivity index (χ3v) is 3.47. The third-order valence-electron chi connectivity index (χ3n) is 2.39. The van der Waals surface area contributed by atoms with Crippen molar-refractivity contribution in [2.75, 3.05) is 0 Å². The second-order valence-electron chi connectivity index (χ2n) is 3.90. The number of nitrogens with zero attached hydrogens (tertiary/aromatic N) is 2. The minimum absolute atomic E-state index is 0.190. The van der Waals surface area contributed by atoms with Gasteiger partial charge in [0.05, 0.1) is 16.0 Å². The maximum atomic E-state index is 13.8. The summed E-state index contributed by atoms with van der Waals surface area (Å²) in [5.41, 5.74) is 6.66. The van der Waals surface area contributed by atoms with Crippen LogP contribution in [0.3, 0.4) is 0 Å². The Balaban J connectivity index is 2.37. The SMILES string of the molecule is C[C@@H](N)c1cccc(F)c1Sc1cnn(C)c1. The van der Waals surface area contributed by atoms with Gasteiger partial charge in [0.1, 0.15) is 5.82 Å². The fraction of sp³-hybridized carbons (Fsp3) is 0.250. The molecule has 0 bridgehead atoms. The molecule has 0 unspecified atom stereocenters. The van der Waals surface area contributed by atoms with Gasteiger partial charge in [0.2, 0.25) is 0 Å². The minimum atomic E-state index is -0.242. The van der Waals surface area contributed by atoms with Gasteiger partial charge in [0, 0.05) is 19.3 Å². The lowest BCUT2D eigenvalue weighted by Gasteiger charge is -2.12. The first-order chi connectivity index (χ1) is 8.08. The van der Waals surface area contributed by atoms with Gasteiger partial charge in [0.25, 0.3) is 0 Å². The molecule has 0 amide bonds. The predicted octanol–water partition coefficient (Wildman–Crippen LogP) is 2.73. The van der Waals surface area contributed by atoms with Gasteiger partial charge in [-0.25, -0.2) is 4.39 Å². The van der Waals surface area contributed by atoms with Crippen molar-refractivity contribution in [1.29, 1.82) is 0 Å². The molecule has 17 heavy (non-hydrogen) atoms. The summed E-state index contributed by atoms with van der Waals surface area (Å²) in [6, 6.07) is 4.79. The van der Waals surface area contributed by atoms with E-state index < -0.39 is 0 Å². The van der Waals surface area contributed by atoms with Crippen molar-refractivity contribution in [3.8, 4) is 0 Å². The molecule has 0 aliphatic carbocycles. The molecule has 2 N–H and O–H groups in total. The van der Waals surface area contributed by atoms with Gasteiger partial charge in [-0.3, -0.25) is 4.68 Å². The molecule has 1 aromatic heterocycles. The maximum absolute atomic E-state index is 13.8. The Hall–Kier alpha value is -1.33. The van der Waals surface area contributed by atoms with Crippen LogP contribution in [0, 0.1) is 5.82 Å². The van der Waals surface area contributed by atoms with E-state index >= 15 is 0 Å². The first-order valence-electron chi connectivity index (χ1n) is 5.28. The number of nitrogens with two attached hydrogens (primary N) is 1. The van der Waals surface area contributed by atoms with E-state index in [0.717, 1.165) is 10.5 Å². The molecule has 5 heteroatoms. The highest BCUT2D eigenvalue weighted by Gasteiger charge is 2.13. The highest BCUT2D eigenvalue weighted by molar-refractivity contribution is 7.99. The van der Waals surface area contributed by atoms with Crippen LogP contribution in [0.4, 0.5) is 4.39 Å². The summed E-state index contributed by atoms with van der Waals surface area (Å²) in [7, 11) is 1.83. The Morgan fingerprint density at radius 1 is 1.47 bits per heavy atom. The lowest BCUT2D eigenvalue weighted by Crippen LogP contribution is -2.07. The average molecular weight is 251 g/mol. The molecule has 0 saturated heterocycles. The van der Waals surface area contributed by atoms with Crippen LogP contribution in [-0.2, 0) is 7.05 Å². The van der Waals surface area contributed by atoms with Crippen molar-refractivity contribution in [1.82, 2.24) is 9.78 Å². The summed E-state index contributed by atoms with van der Waals surface area (Å²) >= 11 is 1.35. The molecule has 0 saturated carbocycles. The van der Waals surface area contributed by atoms with Gasteiger partial charge < -0.3 is 5.73 Å². The highest BCUT2D eigenvalue weighted by atomic mass is 32.2. The van der Waals surface area contributed by atoms with Gasteiger partial charge >= 0.3 is 0 Å². The van der Waals surface area contributed by atoms with E-state index in [1.807, 2.05) is 26.2 Å². The zero-order valence-electron chi connectivity index (χ0n) is 9.72. The first kappa shape index (κ1) is 12.1. The normalized spacial score (nSPS) is 12.7. The van der Waals surface area contributed by atoms with Crippen molar-refractivity contribution < 1.29 is 4.39 Å². The standard InChI is InChI=1S/C12H14FN3S/c1-8(14)10-4-3-5-11(13)12(10)17-9-6-15-16(2)7-9/h3-8H,14H2,1-2H3/t8-/m1/s1. The van der Waals surface area contributed by atoms with Crippen molar-refractivity contribution >= 4 is 11.8 Å². The molecule has 0 radical (unpaired) electrons. The maximum Gasteiger partial charge on any atom is 0.137 e. The smallest absolute Gasteiger partial charge is 0.137 e. The molecule has 0 aliphatic rings. The Morgan fingerprint density at radius 2 is 2.24 bits per heavy atom. The van der Waals surface area contributed by atoms with Gasteiger partial charge in [-0.2, -0.15) is 5.10 Å². The Bertz CT molecular complexity index is 522. The number of aromatic nitrogens is 2. The van der Waals surface area contributed by atoms with Crippen LogP contribution >= 0.6 is 11.8 Å². The van der Waals surface area contributed by atoms with Gasteiger partial charge in [-0.1, -0.05) is 23.9 Å². The second kappa shape index (κ2) is 4.89. The molecular weight excluding hydrogens is 237 g/mol. The molecule has 90 valence electrons. The first-order valence-corrected chi connectivity index (χ1v) is 6.10. The van der Waals surface area contributed by atoms with Crippen molar-refractivity contribution in [3.05, 3.63) is 42.0 Å². The van der Waals surface area contributed by atoms with E-state index in [1.165, 1.54) is 17.8 Å². The molecule has 2 aromatic rings. The van der Waals surface area contributed by atoms with Gasteiger partial charge in [-0.15, -0.1) is 0 Å². The van der Waals surface area contributed by atoms with Gasteiger partial charge in [-0.05, 0) is 18.6 Å². The van der Waals surface area contributed by atoms with E-state index in [2.05, 4.69) is 5.10 Å². The lowest BCUT2D eigenvalue weighted by molar-refractivity contribution is 0.591. The number of hydrogen-bond acceptors (Lipinski definition) is 3. The molecular formula is C12H14FN3S. The average Bonchev–Trinajstić information content (AvgIpc) is 2.67. The Morgan fingerprint density at radius 3 is 2.82 bits per heavy atom. The fourth-order valence-corrected chi connectivity index (χ4v) is 2.64. The summed E-state index contributed by atoms with van der Waals surface area (Å²) in [6.07, 6.45) is 3.56. The fourth-order valence-electron chi connectivity index (χ4n) is 1.56. The van der Waals surface area contributed by atoms with Crippen LogP contribution in [0.5, 0.6) is 0 Å². The third kappa shape index (κ3) is 2.68. The van der Waals surface area contributed by atoms with Crippen LogP contribution in [-0.4, -0.2) is 9.78 Å². The topological polar surface area (TPSA) is 43.8 Å². The Kier molecular flexibility index (Phi) is 3.49. The number of benzene rings is 1. The van der Waals surface area contributed by atoms with E-state index in [4.69, 9.17) is 5.73 Å². The number of aryl methyl sites for hydroxylation is 1. The van der Waals surface area contributed by atoms with Crippen LogP contribution in [0.1, 0.15) is 18.5 Å². The van der Waals surface area contributed by atoms with Crippen LogP contribution < -0.4 is 5.73 Å². The lowest BCUT2D eigenvalue weighted by atomic mass is 10.1. The molecule has 0 spiro atoms. The van der Waals surface area contributed by atoms with E-state index in [1.54, 1.807) is 16.9 Å². The summed E-state index contributed by atoms with van der Waals surface area (Å²) in [4.78, 5) is 1.48. The summed E-state index contributed by atoms with van der Waals surface area (Å²) in [5.74, 6) is -0.242. The van der Waals surface area contributed by atoms with E-state index in [-0.39, 0.29) is 11.9 Å². The van der Waals surface area contributed by atoms with Crippen molar-refractivity contribution in [2.24, 2.45) is 12.8 Å². The van der Waals surface area contributed by atoms with E-state index in [9.17, 15) is 4.39 Å². The predicted molar refractivity (Wildman–Crippen MR) is 66.3 cm³/mol. The molecule has 1 aromatic carbocycles.